The van der Waals surface area contributed by atoms with Gasteiger partial charge in [-0.05, 0) is 36.1 Å². The Morgan fingerprint density at radius 3 is 2.80 bits per heavy atom. The van der Waals surface area contributed by atoms with E-state index in [0.29, 0.717) is 17.0 Å². The van der Waals surface area contributed by atoms with Crippen molar-refractivity contribution >= 4 is 23.0 Å². The zero-order chi connectivity index (χ0) is 18.2. The zero-order valence-corrected chi connectivity index (χ0v) is 15.3. The molecule has 0 saturated carbocycles. The van der Waals surface area contributed by atoms with Gasteiger partial charge in [-0.25, -0.2) is 4.98 Å². The van der Waals surface area contributed by atoms with Crippen LogP contribution in [-0.2, 0) is 0 Å². The summed E-state index contributed by atoms with van der Waals surface area (Å²) in [6.07, 6.45) is 7.41. The lowest BCUT2D eigenvalue weighted by Gasteiger charge is -2.45. The minimum atomic E-state index is -0.543. The van der Waals surface area contributed by atoms with Crippen LogP contribution in [0.25, 0.3) is 5.70 Å². The third-order valence-corrected chi connectivity index (χ3v) is 5.20. The monoisotopic (exact) mass is 356 g/mol. The molecule has 6 heteroatoms. The second-order valence-corrected chi connectivity index (χ2v) is 7.51. The van der Waals surface area contributed by atoms with Crippen molar-refractivity contribution < 1.29 is 5.11 Å². The van der Waals surface area contributed by atoms with Crippen molar-refractivity contribution in [2.45, 2.75) is 32.4 Å². The molecule has 1 aliphatic carbocycles. The first kappa shape index (κ1) is 17.5. The molecule has 2 aromatic rings. The Labute approximate surface area is 152 Å². The summed E-state index contributed by atoms with van der Waals surface area (Å²) in [6.45, 7) is 4.29. The fourth-order valence-electron chi connectivity index (χ4n) is 3.50. The minimum Gasteiger partial charge on any atom is -0.387 e. The highest BCUT2D eigenvalue weighted by Crippen LogP contribution is 2.40. The van der Waals surface area contributed by atoms with Gasteiger partial charge in [-0.15, -0.1) is 0 Å². The molecule has 0 saturated heterocycles. The molecular weight excluding hydrogens is 336 g/mol. The predicted molar refractivity (Wildman–Crippen MR) is 99.3 cm³/mol. The van der Waals surface area contributed by atoms with Gasteiger partial charge in [0.1, 0.15) is 6.07 Å². The number of benzene rings is 1. The van der Waals surface area contributed by atoms with E-state index in [1.165, 1.54) is 0 Å². The number of halogens is 1. The average Bonchev–Trinajstić information content (AvgIpc) is 3.07. The van der Waals surface area contributed by atoms with Crippen LogP contribution >= 0.6 is 11.6 Å². The fourth-order valence-corrected chi connectivity index (χ4v) is 3.72. The lowest BCUT2D eigenvalue weighted by Crippen LogP contribution is -2.47. The van der Waals surface area contributed by atoms with Crippen molar-refractivity contribution in [2.24, 2.45) is 5.41 Å². The van der Waals surface area contributed by atoms with Gasteiger partial charge in [0.05, 0.1) is 34.8 Å². The summed E-state index contributed by atoms with van der Waals surface area (Å²) in [6, 6.07) is 7.58. The van der Waals surface area contributed by atoms with Gasteiger partial charge in [0, 0.05) is 25.1 Å². The van der Waals surface area contributed by atoms with Crippen LogP contribution in [0.5, 0.6) is 0 Å². The second-order valence-electron chi connectivity index (χ2n) is 7.10. The first-order valence-corrected chi connectivity index (χ1v) is 8.52. The van der Waals surface area contributed by atoms with E-state index >= 15 is 0 Å². The van der Waals surface area contributed by atoms with E-state index in [2.05, 4.69) is 35.9 Å². The second kappa shape index (κ2) is 6.55. The summed E-state index contributed by atoms with van der Waals surface area (Å²) in [4.78, 5) is 6.21. The lowest BCUT2D eigenvalue weighted by atomic mass is 9.73. The molecule has 0 bridgehead atoms. The van der Waals surface area contributed by atoms with Gasteiger partial charge < -0.3 is 14.6 Å². The molecule has 1 N–H and O–H groups in total. The van der Waals surface area contributed by atoms with Crippen molar-refractivity contribution in [3.05, 3.63) is 53.6 Å². The molecule has 130 valence electrons. The van der Waals surface area contributed by atoms with Crippen LogP contribution < -0.4 is 4.90 Å². The summed E-state index contributed by atoms with van der Waals surface area (Å²) < 4.78 is 1.85. The van der Waals surface area contributed by atoms with Crippen LogP contribution in [0.15, 0.2) is 43.0 Å². The van der Waals surface area contributed by atoms with E-state index in [1.54, 1.807) is 18.6 Å². The van der Waals surface area contributed by atoms with Crippen molar-refractivity contribution in [3.63, 3.8) is 0 Å². The molecule has 3 rings (SSSR count). The number of hydrogen-bond donors (Lipinski definition) is 1. The van der Waals surface area contributed by atoms with Gasteiger partial charge in [0.15, 0.2) is 0 Å². The van der Waals surface area contributed by atoms with Crippen molar-refractivity contribution in [1.29, 1.82) is 5.26 Å². The fraction of sp³-hybridized carbons (Fsp3) is 0.368. The lowest BCUT2D eigenvalue weighted by molar-refractivity contribution is 0.134. The number of aliphatic hydroxyl groups excluding tert-OH is 1. The standard InChI is InChI=1S/C19H21ClN4O/c1-19(2)10-17(25)16(24-7-6-22-12-24)9-18(19)23(3)14-5-4-13(11-21)15(20)8-14/h4-9,12,17-18,25H,10H2,1-3H3/t17-,18+/m0/s1. The number of nitrogens with zero attached hydrogens (tertiary/aromatic N) is 4. The summed E-state index contributed by atoms with van der Waals surface area (Å²) >= 11 is 6.20. The number of rotatable bonds is 3. The number of aromatic nitrogens is 2. The molecule has 1 aliphatic rings. The topological polar surface area (TPSA) is 65.1 Å². The third-order valence-electron chi connectivity index (χ3n) is 4.89. The maximum atomic E-state index is 10.6. The van der Waals surface area contributed by atoms with E-state index in [-0.39, 0.29) is 11.5 Å². The largest absolute Gasteiger partial charge is 0.387 e. The van der Waals surface area contributed by atoms with Crippen molar-refractivity contribution in [1.82, 2.24) is 9.55 Å². The highest BCUT2D eigenvalue weighted by Gasteiger charge is 2.39. The summed E-state index contributed by atoms with van der Waals surface area (Å²) in [7, 11) is 2.00. The van der Waals surface area contributed by atoms with E-state index < -0.39 is 6.10 Å². The maximum absolute atomic E-state index is 10.6. The molecule has 0 fully saturated rings. The van der Waals surface area contributed by atoms with Gasteiger partial charge in [0.2, 0.25) is 0 Å². The molecule has 2 atom stereocenters. The number of aliphatic hydroxyl groups is 1. The van der Waals surface area contributed by atoms with Gasteiger partial charge in [-0.3, -0.25) is 0 Å². The van der Waals surface area contributed by atoms with Gasteiger partial charge in [0.25, 0.3) is 0 Å². The number of imidazole rings is 1. The summed E-state index contributed by atoms with van der Waals surface area (Å²) in [5.41, 5.74) is 2.08. The van der Waals surface area contributed by atoms with Crippen LogP contribution in [0, 0.1) is 16.7 Å². The number of anilines is 1. The van der Waals surface area contributed by atoms with E-state index in [0.717, 1.165) is 11.4 Å². The van der Waals surface area contributed by atoms with Gasteiger partial charge >= 0.3 is 0 Å². The predicted octanol–water partition coefficient (Wildman–Crippen LogP) is 3.54. The van der Waals surface area contributed by atoms with Crippen LogP contribution in [0.2, 0.25) is 5.02 Å². The Morgan fingerprint density at radius 2 is 2.20 bits per heavy atom. The summed E-state index contributed by atoms with van der Waals surface area (Å²) in [5.74, 6) is 0. The SMILES string of the molecule is CN(c1ccc(C#N)c(Cl)c1)[C@@H]1C=C(n2ccnc2)[C@@H](O)CC1(C)C. The summed E-state index contributed by atoms with van der Waals surface area (Å²) in [5, 5.41) is 20.1. The minimum absolute atomic E-state index is 0.0531. The molecule has 25 heavy (non-hydrogen) atoms. The highest BCUT2D eigenvalue weighted by molar-refractivity contribution is 6.32. The number of nitriles is 1. The third kappa shape index (κ3) is 3.28. The van der Waals surface area contributed by atoms with Crippen LogP contribution in [-0.4, -0.2) is 33.9 Å². The van der Waals surface area contributed by atoms with Gasteiger partial charge in [-0.2, -0.15) is 5.26 Å². The Kier molecular flexibility index (Phi) is 4.59. The quantitative estimate of drug-likeness (QED) is 0.913. The van der Waals surface area contributed by atoms with Gasteiger partial charge in [-0.1, -0.05) is 25.4 Å². The molecule has 1 aromatic heterocycles. The van der Waals surface area contributed by atoms with Crippen molar-refractivity contribution in [2.75, 3.05) is 11.9 Å². The molecule has 0 spiro atoms. The molecule has 0 unspecified atom stereocenters. The number of hydrogen-bond acceptors (Lipinski definition) is 4. The number of likely N-dealkylation sites (N-methyl/N-ethyl adjacent to an activating group) is 1. The normalized spacial score (nSPS) is 22.2. The smallest absolute Gasteiger partial charge is 0.101 e. The van der Waals surface area contributed by atoms with E-state index in [1.807, 2.05) is 29.9 Å². The molecule has 1 heterocycles. The first-order valence-electron chi connectivity index (χ1n) is 8.14. The zero-order valence-electron chi connectivity index (χ0n) is 14.5. The Balaban J connectivity index is 2.00. The van der Waals surface area contributed by atoms with Crippen LogP contribution in [0.4, 0.5) is 5.69 Å². The molecular formula is C19H21ClN4O. The Hall–Kier alpha value is -2.29. The Bertz CT molecular complexity index is 836. The van der Waals surface area contributed by atoms with E-state index in [9.17, 15) is 5.11 Å². The molecule has 0 radical (unpaired) electrons. The van der Waals surface area contributed by atoms with E-state index in [4.69, 9.17) is 16.9 Å². The first-order chi connectivity index (χ1) is 11.8. The highest BCUT2D eigenvalue weighted by atomic mass is 35.5. The Morgan fingerprint density at radius 1 is 1.44 bits per heavy atom. The molecule has 0 amide bonds. The average molecular weight is 357 g/mol. The maximum Gasteiger partial charge on any atom is 0.101 e. The van der Waals surface area contributed by atoms with Crippen molar-refractivity contribution in [3.8, 4) is 6.07 Å². The molecule has 1 aromatic carbocycles. The van der Waals surface area contributed by atoms with Crippen LogP contribution in [0.1, 0.15) is 25.8 Å². The van der Waals surface area contributed by atoms with Crippen LogP contribution in [0.3, 0.4) is 0 Å². The molecule has 0 aliphatic heterocycles. The molecule has 5 nitrogen and oxygen atoms in total.